The molecule has 6 nitrogen and oxygen atoms in total. The SMILES string of the molecule is [C-]#[N+]c1cc(Cl)cc(-c2ccc(F)nc2)c1N1CCC(c2nncn2C)CC1. The lowest BCUT2D eigenvalue weighted by Crippen LogP contribution is -2.34. The fourth-order valence-corrected chi connectivity index (χ4v) is 3.99. The molecule has 8 heteroatoms. The van der Waals surface area contributed by atoms with Crippen molar-refractivity contribution in [2.24, 2.45) is 7.05 Å². The second-order valence-corrected chi connectivity index (χ2v) is 7.30. The van der Waals surface area contributed by atoms with Crippen molar-refractivity contribution in [1.29, 1.82) is 0 Å². The average Bonchev–Trinajstić information content (AvgIpc) is 3.14. The summed E-state index contributed by atoms with van der Waals surface area (Å²) in [6.07, 6.45) is 5.02. The van der Waals surface area contributed by atoms with Gasteiger partial charge in [-0.25, -0.2) is 9.83 Å². The lowest BCUT2D eigenvalue weighted by Gasteiger charge is -2.35. The number of aromatic nitrogens is 4. The Kier molecular flexibility index (Phi) is 4.97. The van der Waals surface area contributed by atoms with Crippen molar-refractivity contribution < 1.29 is 4.39 Å². The molecule has 0 N–H and O–H groups in total. The van der Waals surface area contributed by atoms with E-state index in [0.717, 1.165) is 48.6 Å². The summed E-state index contributed by atoms with van der Waals surface area (Å²) in [7, 11) is 1.96. The lowest BCUT2D eigenvalue weighted by molar-refractivity contribution is 0.474. The molecular formula is C20H18ClFN6. The zero-order valence-electron chi connectivity index (χ0n) is 15.3. The molecule has 1 fully saturated rings. The number of aryl methyl sites for hydroxylation is 1. The molecule has 1 saturated heterocycles. The van der Waals surface area contributed by atoms with Gasteiger partial charge in [-0.15, -0.1) is 10.2 Å². The Bertz CT molecular complexity index is 1030. The molecule has 0 saturated carbocycles. The molecule has 4 rings (SSSR count). The Balaban J connectivity index is 1.68. The number of nitrogens with zero attached hydrogens (tertiary/aromatic N) is 6. The molecule has 1 aliphatic heterocycles. The molecule has 0 unspecified atom stereocenters. The first-order valence-electron chi connectivity index (χ1n) is 8.98. The Morgan fingerprint density at radius 2 is 2.04 bits per heavy atom. The quantitative estimate of drug-likeness (QED) is 0.479. The van der Waals surface area contributed by atoms with E-state index in [1.54, 1.807) is 18.5 Å². The van der Waals surface area contributed by atoms with Crippen LogP contribution in [0.2, 0.25) is 5.02 Å². The Morgan fingerprint density at radius 1 is 1.25 bits per heavy atom. The van der Waals surface area contributed by atoms with Crippen molar-refractivity contribution in [1.82, 2.24) is 19.7 Å². The van der Waals surface area contributed by atoms with Crippen molar-refractivity contribution in [3.8, 4) is 11.1 Å². The van der Waals surface area contributed by atoms with Gasteiger partial charge < -0.3 is 9.47 Å². The summed E-state index contributed by atoms with van der Waals surface area (Å²) in [5, 5.41) is 8.70. The maximum absolute atomic E-state index is 13.3. The van der Waals surface area contributed by atoms with Crippen LogP contribution >= 0.6 is 11.6 Å². The number of hydrogen-bond donors (Lipinski definition) is 0. The predicted octanol–water partition coefficient (Wildman–Crippen LogP) is 4.60. The number of rotatable bonds is 3. The van der Waals surface area contributed by atoms with Gasteiger partial charge in [-0.2, -0.15) is 4.39 Å². The van der Waals surface area contributed by atoms with E-state index in [1.165, 1.54) is 12.3 Å². The smallest absolute Gasteiger partial charge is 0.212 e. The molecule has 1 aromatic carbocycles. The van der Waals surface area contributed by atoms with Crippen LogP contribution in [0, 0.1) is 12.5 Å². The topological polar surface area (TPSA) is 51.2 Å². The third kappa shape index (κ3) is 3.43. The first-order chi connectivity index (χ1) is 13.6. The number of hydrogen-bond acceptors (Lipinski definition) is 4. The molecule has 3 aromatic rings. The van der Waals surface area contributed by atoms with Gasteiger partial charge in [0.05, 0.1) is 12.3 Å². The van der Waals surface area contributed by atoms with Crippen molar-refractivity contribution in [3.63, 3.8) is 0 Å². The Hall–Kier alpha value is -2.98. The summed E-state index contributed by atoms with van der Waals surface area (Å²) < 4.78 is 15.2. The number of benzene rings is 1. The first-order valence-corrected chi connectivity index (χ1v) is 9.36. The summed E-state index contributed by atoms with van der Waals surface area (Å²) in [6.45, 7) is 9.18. The molecule has 0 atom stereocenters. The number of anilines is 1. The summed E-state index contributed by atoms with van der Waals surface area (Å²) in [5.74, 6) is 0.787. The average molecular weight is 397 g/mol. The highest BCUT2D eigenvalue weighted by molar-refractivity contribution is 6.31. The minimum atomic E-state index is -0.540. The van der Waals surface area contributed by atoms with E-state index in [0.29, 0.717) is 16.6 Å². The van der Waals surface area contributed by atoms with Gasteiger partial charge in [0.15, 0.2) is 0 Å². The predicted molar refractivity (Wildman–Crippen MR) is 106 cm³/mol. The number of halogens is 2. The van der Waals surface area contributed by atoms with Crippen molar-refractivity contribution in [2.45, 2.75) is 18.8 Å². The van der Waals surface area contributed by atoms with Crippen LogP contribution in [0.3, 0.4) is 0 Å². The molecule has 28 heavy (non-hydrogen) atoms. The monoisotopic (exact) mass is 396 g/mol. The highest BCUT2D eigenvalue weighted by Gasteiger charge is 2.27. The van der Waals surface area contributed by atoms with Crippen LogP contribution in [0.15, 0.2) is 36.8 Å². The van der Waals surface area contributed by atoms with Gasteiger partial charge in [0.2, 0.25) is 11.6 Å². The fraction of sp³-hybridized carbons (Fsp3) is 0.300. The van der Waals surface area contributed by atoms with Gasteiger partial charge in [-0.05, 0) is 42.7 Å². The molecule has 3 heterocycles. The normalized spacial score (nSPS) is 14.9. The van der Waals surface area contributed by atoms with Gasteiger partial charge in [0.1, 0.15) is 12.2 Å². The zero-order chi connectivity index (χ0) is 19.7. The molecule has 0 aliphatic carbocycles. The van der Waals surface area contributed by atoms with Crippen LogP contribution in [0.25, 0.3) is 16.0 Å². The molecule has 1 aliphatic rings. The van der Waals surface area contributed by atoms with E-state index >= 15 is 0 Å². The van der Waals surface area contributed by atoms with E-state index in [1.807, 2.05) is 17.7 Å². The highest BCUT2D eigenvalue weighted by Crippen LogP contribution is 2.43. The van der Waals surface area contributed by atoms with Crippen molar-refractivity contribution >= 4 is 23.0 Å². The van der Waals surface area contributed by atoms with Crippen LogP contribution in [0.4, 0.5) is 15.8 Å². The van der Waals surface area contributed by atoms with E-state index < -0.39 is 5.95 Å². The van der Waals surface area contributed by atoms with E-state index in [2.05, 4.69) is 24.9 Å². The molecule has 0 radical (unpaired) electrons. The van der Waals surface area contributed by atoms with Crippen LogP contribution in [0.5, 0.6) is 0 Å². The minimum absolute atomic E-state index is 0.336. The van der Waals surface area contributed by atoms with Crippen LogP contribution in [0.1, 0.15) is 24.6 Å². The number of pyridine rings is 1. The first kappa shape index (κ1) is 18.4. The standard InChI is InChI=1S/C20H18ClFN6/c1-23-17-10-15(21)9-16(14-3-4-18(22)24-11-14)19(17)28-7-5-13(6-8-28)20-26-25-12-27(20)2/h3-4,9-13H,5-8H2,2H3. The van der Waals surface area contributed by atoms with Crippen molar-refractivity contribution in [2.75, 3.05) is 18.0 Å². The maximum atomic E-state index is 13.3. The van der Waals surface area contributed by atoms with Crippen LogP contribution in [-0.4, -0.2) is 32.8 Å². The van der Waals surface area contributed by atoms with Gasteiger partial charge in [-0.1, -0.05) is 11.6 Å². The summed E-state index contributed by atoms with van der Waals surface area (Å²) >= 11 is 6.25. The van der Waals surface area contributed by atoms with Crippen molar-refractivity contribution in [3.05, 3.63) is 65.0 Å². The fourth-order valence-electron chi connectivity index (χ4n) is 3.78. The zero-order valence-corrected chi connectivity index (χ0v) is 16.1. The Morgan fingerprint density at radius 3 is 2.64 bits per heavy atom. The lowest BCUT2D eigenvalue weighted by atomic mass is 9.94. The van der Waals surface area contributed by atoms with E-state index in [9.17, 15) is 4.39 Å². The molecule has 2 aromatic heterocycles. The van der Waals surface area contributed by atoms with Crippen LogP contribution in [-0.2, 0) is 7.05 Å². The van der Waals surface area contributed by atoms with E-state index in [4.69, 9.17) is 18.2 Å². The summed E-state index contributed by atoms with van der Waals surface area (Å²) in [4.78, 5) is 9.66. The van der Waals surface area contributed by atoms with Crippen LogP contribution < -0.4 is 4.90 Å². The molecule has 0 amide bonds. The van der Waals surface area contributed by atoms with Gasteiger partial charge in [0.25, 0.3) is 0 Å². The molecule has 0 spiro atoms. The van der Waals surface area contributed by atoms with Gasteiger partial charge in [-0.3, -0.25) is 0 Å². The summed E-state index contributed by atoms with van der Waals surface area (Å²) in [6, 6.07) is 6.48. The largest absolute Gasteiger partial charge is 0.380 e. The third-order valence-corrected chi connectivity index (χ3v) is 5.35. The molecule has 142 valence electrons. The maximum Gasteiger partial charge on any atom is 0.212 e. The second kappa shape index (κ2) is 7.56. The minimum Gasteiger partial charge on any atom is -0.380 e. The van der Waals surface area contributed by atoms with Gasteiger partial charge >= 0.3 is 0 Å². The second-order valence-electron chi connectivity index (χ2n) is 6.86. The summed E-state index contributed by atoms with van der Waals surface area (Å²) in [5.41, 5.74) is 2.84. The number of piperidine rings is 1. The highest BCUT2D eigenvalue weighted by atomic mass is 35.5. The molecule has 0 bridgehead atoms. The Labute approximate surface area is 167 Å². The third-order valence-electron chi connectivity index (χ3n) is 5.14. The molecular weight excluding hydrogens is 379 g/mol. The van der Waals surface area contributed by atoms with E-state index in [-0.39, 0.29) is 0 Å². The van der Waals surface area contributed by atoms with Gasteiger partial charge in [0, 0.05) is 42.8 Å².